The molecular formula is C16H19N3O2. The van der Waals surface area contributed by atoms with Gasteiger partial charge in [-0.1, -0.05) is 23.5 Å². The molecule has 0 saturated carbocycles. The highest BCUT2D eigenvalue weighted by molar-refractivity contribution is 5.99. The first-order chi connectivity index (χ1) is 10.1. The molecule has 0 aromatic heterocycles. The van der Waals surface area contributed by atoms with Gasteiger partial charge in [-0.15, -0.1) is 0 Å². The van der Waals surface area contributed by atoms with Crippen molar-refractivity contribution in [2.75, 3.05) is 26.2 Å². The second-order valence-corrected chi connectivity index (χ2v) is 4.99. The van der Waals surface area contributed by atoms with Crippen molar-refractivity contribution < 1.29 is 9.59 Å². The highest BCUT2D eigenvalue weighted by Gasteiger charge is 2.22. The number of aryl methyl sites for hydroxylation is 1. The quantitative estimate of drug-likeness (QED) is 0.727. The molecule has 110 valence electrons. The predicted octanol–water partition coefficient (Wildman–Crippen LogP) is 0.267. The standard InChI is InChI=1S/C16H19N3O2/c1-12-5-6-13(4-2-7-17)14(10-12)16(21)19-9-3-8-18-15(20)11-19/h5-6,10H,3,7-9,11,17H2,1H3,(H,18,20). The van der Waals surface area contributed by atoms with Gasteiger partial charge in [0.25, 0.3) is 5.91 Å². The van der Waals surface area contributed by atoms with Crippen LogP contribution in [0.1, 0.15) is 27.9 Å². The van der Waals surface area contributed by atoms with E-state index < -0.39 is 0 Å². The van der Waals surface area contributed by atoms with Crippen LogP contribution in [0.25, 0.3) is 0 Å². The van der Waals surface area contributed by atoms with Crippen molar-refractivity contribution in [2.45, 2.75) is 13.3 Å². The van der Waals surface area contributed by atoms with Crippen molar-refractivity contribution in [3.63, 3.8) is 0 Å². The first-order valence-electron chi connectivity index (χ1n) is 6.97. The van der Waals surface area contributed by atoms with Crippen LogP contribution in [0, 0.1) is 18.8 Å². The predicted molar refractivity (Wildman–Crippen MR) is 80.6 cm³/mol. The molecule has 2 amide bonds. The summed E-state index contributed by atoms with van der Waals surface area (Å²) < 4.78 is 0. The molecule has 5 nitrogen and oxygen atoms in total. The van der Waals surface area contributed by atoms with Gasteiger partial charge in [-0.25, -0.2) is 0 Å². The highest BCUT2D eigenvalue weighted by atomic mass is 16.2. The molecule has 5 heteroatoms. The summed E-state index contributed by atoms with van der Waals surface area (Å²) in [5, 5.41) is 2.76. The van der Waals surface area contributed by atoms with Gasteiger partial charge in [-0.2, -0.15) is 0 Å². The zero-order valence-electron chi connectivity index (χ0n) is 12.1. The molecule has 1 aromatic carbocycles. The van der Waals surface area contributed by atoms with E-state index in [4.69, 9.17) is 5.73 Å². The number of nitrogens with two attached hydrogens (primary N) is 1. The summed E-state index contributed by atoms with van der Waals surface area (Å²) >= 11 is 0. The Morgan fingerprint density at radius 3 is 3.05 bits per heavy atom. The number of carbonyl (C=O) groups excluding carboxylic acids is 2. The molecule has 0 aliphatic carbocycles. The van der Waals surface area contributed by atoms with Crippen molar-refractivity contribution in [1.82, 2.24) is 10.2 Å². The third-order valence-electron chi connectivity index (χ3n) is 3.28. The van der Waals surface area contributed by atoms with Crippen molar-refractivity contribution >= 4 is 11.8 Å². The lowest BCUT2D eigenvalue weighted by Crippen LogP contribution is -2.37. The fourth-order valence-electron chi connectivity index (χ4n) is 2.24. The second-order valence-electron chi connectivity index (χ2n) is 4.99. The summed E-state index contributed by atoms with van der Waals surface area (Å²) in [5.41, 5.74) is 7.56. The SMILES string of the molecule is Cc1ccc(C#CCN)c(C(=O)N2CCCNC(=O)C2)c1. The topological polar surface area (TPSA) is 75.4 Å². The minimum Gasteiger partial charge on any atom is -0.354 e. The fraction of sp³-hybridized carbons (Fsp3) is 0.375. The van der Waals surface area contributed by atoms with Crippen LogP contribution in [-0.2, 0) is 4.79 Å². The number of hydrogen-bond acceptors (Lipinski definition) is 3. The average molecular weight is 285 g/mol. The van der Waals surface area contributed by atoms with Crippen LogP contribution in [0.15, 0.2) is 18.2 Å². The molecule has 3 N–H and O–H groups in total. The molecular weight excluding hydrogens is 266 g/mol. The van der Waals surface area contributed by atoms with Crippen LogP contribution in [0.5, 0.6) is 0 Å². The summed E-state index contributed by atoms with van der Waals surface area (Å²) in [6, 6.07) is 5.54. The maximum atomic E-state index is 12.7. The van der Waals surface area contributed by atoms with E-state index in [2.05, 4.69) is 17.2 Å². The van der Waals surface area contributed by atoms with Crippen LogP contribution >= 0.6 is 0 Å². The molecule has 1 aromatic rings. The van der Waals surface area contributed by atoms with E-state index in [1.807, 2.05) is 25.1 Å². The first-order valence-corrected chi connectivity index (χ1v) is 6.97. The number of rotatable bonds is 1. The van der Waals surface area contributed by atoms with E-state index in [0.29, 0.717) is 24.2 Å². The lowest BCUT2D eigenvalue weighted by molar-refractivity contribution is -0.121. The fourth-order valence-corrected chi connectivity index (χ4v) is 2.24. The van der Waals surface area contributed by atoms with Crippen molar-refractivity contribution in [2.24, 2.45) is 5.73 Å². The summed E-state index contributed by atoms with van der Waals surface area (Å²) in [6.45, 7) is 3.43. The van der Waals surface area contributed by atoms with E-state index >= 15 is 0 Å². The van der Waals surface area contributed by atoms with Crippen LogP contribution in [-0.4, -0.2) is 42.9 Å². The Bertz CT molecular complexity index is 614. The zero-order chi connectivity index (χ0) is 15.2. The number of hydrogen-bond donors (Lipinski definition) is 2. The summed E-state index contributed by atoms with van der Waals surface area (Å²) in [5.74, 6) is 5.42. The molecule has 21 heavy (non-hydrogen) atoms. The van der Waals surface area contributed by atoms with Gasteiger partial charge >= 0.3 is 0 Å². The normalized spacial score (nSPS) is 14.8. The molecule has 1 saturated heterocycles. The lowest BCUT2D eigenvalue weighted by atomic mass is 10.0. The molecule has 1 heterocycles. The van der Waals surface area contributed by atoms with Gasteiger partial charge in [0.1, 0.15) is 0 Å². The summed E-state index contributed by atoms with van der Waals surface area (Å²) in [4.78, 5) is 25.9. The van der Waals surface area contributed by atoms with Gasteiger partial charge in [-0.05, 0) is 25.5 Å². The Balaban J connectivity index is 2.32. The van der Waals surface area contributed by atoms with Gasteiger partial charge in [0.05, 0.1) is 18.7 Å². The van der Waals surface area contributed by atoms with Crippen LogP contribution in [0.2, 0.25) is 0 Å². The van der Waals surface area contributed by atoms with Gasteiger partial charge in [0.15, 0.2) is 0 Å². The largest absolute Gasteiger partial charge is 0.354 e. The van der Waals surface area contributed by atoms with E-state index in [1.165, 1.54) is 0 Å². The summed E-state index contributed by atoms with van der Waals surface area (Å²) in [7, 11) is 0. The maximum absolute atomic E-state index is 12.7. The maximum Gasteiger partial charge on any atom is 0.255 e. The average Bonchev–Trinajstić information content (AvgIpc) is 2.70. The minimum atomic E-state index is -0.155. The van der Waals surface area contributed by atoms with Gasteiger partial charge < -0.3 is 16.0 Å². The Morgan fingerprint density at radius 1 is 1.48 bits per heavy atom. The molecule has 0 radical (unpaired) electrons. The molecule has 0 atom stereocenters. The Morgan fingerprint density at radius 2 is 2.29 bits per heavy atom. The number of benzene rings is 1. The number of nitrogens with zero attached hydrogens (tertiary/aromatic N) is 1. The third kappa shape index (κ3) is 3.83. The number of carbonyl (C=O) groups is 2. The second kappa shape index (κ2) is 6.91. The minimum absolute atomic E-state index is 0.0938. The van der Waals surface area contributed by atoms with Gasteiger partial charge in [-0.3, -0.25) is 9.59 Å². The molecule has 0 spiro atoms. The van der Waals surface area contributed by atoms with E-state index in [1.54, 1.807) is 4.90 Å². The number of amides is 2. The Kier molecular flexibility index (Phi) is 4.96. The third-order valence-corrected chi connectivity index (χ3v) is 3.28. The molecule has 0 bridgehead atoms. The Labute approximate surface area is 124 Å². The van der Waals surface area contributed by atoms with Crippen molar-refractivity contribution in [3.05, 3.63) is 34.9 Å². The highest BCUT2D eigenvalue weighted by Crippen LogP contribution is 2.14. The van der Waals surface area contributed by atoms with Crippen LogP contribution < -0.4 is 11.1 Å². The zero-order valence-corrected chi connectivity index (χ0v) is 12.1. The molecule has 1 aliphatic heterocycles. The van der Waals surface area contributed by atoms with E-state index in [9.17, 15) is 9.59 Å². The molecule has 2 rings (SSSR count). The molecule has 0 unspecified atom stereocenters. The van der Waals surface area contributed by atoms with E-state index in [-0.39, 0.29) is 24.9 Å². The van der Waals surface area contributed by atoms with Gasteiger partial charge in [0, 0.05) is 18.7 Å². The Hall–Kier alpha value is -2.32. The molecule has 1 aliphatic rings. The monoisotopic (exact) mass is 285 g/mol. The van der Waals surface area contributed by atoms with Crippen molar-refractivity contribution in [1.29, 1.82) is 0 Å². The summed E-state index contributed by atoms with van der Waals surface area (Å²) in [6.07, 6.45) is 0.757. The van der Waals surface area contributed by atoms with Crippen LogP contribution in [0.4, 0.5) is 0 Å². The lowest BCUT2D eigenvalue weighted by Gasteiger charge is -2.20. The van der Waals surface area contributed by atoms with Crippen LogP contribution in [0.3, 0.4) is 0 Å². The smallest absolute Gasteiger partial charge is 0.255 e. The van der Waals surface area contributed by atoms with E-state index in [0.717, 1.165) is 12.0 Å². The van der Waals surface area contributed by atoms with Crippen molar-refractivity contribution in [3.8, 4) is 11.8 Å². The molecule has 1 fully saturated rings. The first kappa shape index (κ1) is 15.1. The van der Waals surface area contributed by atoms with Gasteiger partial charge in [0.2, 0.25) is 5.91 Å². The number of nitrogens with one attached hydrogen (secondary N) is 1.